The van der Waals surface area contributed by atoms with Crippen LogP contribution >= 0.6 is 0 Å². The van der Waals surface area contributed by atoms with Crippen molar-refractivity contribution >= 4 is 9.84 Å². The maximum atomic E-state index is 13.9. The quantitative estimate of drug-likeness (QED) is 0.915. The maximum absolute atomic E-state index is 13.9. The summed E-state index contributed by atoms with van der Waals surface area (Å²) in [5.74, 6) is 0.467. The van der Waals surface area contributed by atoms with Gasteiger partial charge in [0.2, 0.25) is 0 Å². The number of methoxy groups -OCH3 is 1. The number of rotatable bonds is 4. The van der Waals surface area contributed by atoms with Crippen LogP contribution < -0.4 is 10.1 Å². The third-order valence-corrected chi connectivity index (χ3v) is 5.16. The van der Waals surface area contributed by atoms with E-state index in [9.17, 15) is 12.8 Å². The predicted molar refractivity (Wildman–Crippen MR) is 71.6 cm³/mol. The average Bonchev–Trinajstić information content (AvgIpc) is 2.68. The smallest absolute Gasteiger partial charge is 0.151 e. The number of sulfone groups is 1. The lowest BCUT2D eigenvalue weighted by atomic mass is 10.1. The van der Waals surface area contributed by atoms with Crippen LogP contribution in [0.5, 0.6) is 5.75 Å². The average molecular weight is 287 g/mol. The van der Waals surface area contributed by atoms with Gasteiger partial charge in [-0.2, -0.15) is 0 Å². The Morgan fingerprint density at radius 3 is 2.74 bits per heavy atom. The molecule has 0 aromatic heterocycles. The Kier molecular flexibility index (Phi) is 4.10. The lowest BCUT2D eigenvalue weighted by Gasteiger charge is -2.19. The van der Waals surface area contributed by atoms with Crippen molar-refractivity contribution < 1.29 is 17.5 Å². The molecule has 2 unspecified atom stereocenters. The molecule has 106 valence electrons. The minimum atomic E-state index is -2.92. The van der Waals surface area contributed by atoms with Gasteiger partial charge in [0.25, 0.3) is 0 Å². The summed E-state index contributed by atoms with van der Waals surface area (Å²) < 4.78 is 41.6. The molecule has 4 nitrogen and oxygen atoms in total. The number of ether oxygens (including phenoxy) is 1. The van der Waals surface area contributed by atoms with Gasteiger partial charge >= 0.3 is 0 Å². The molecule has 1 aromatic carbocycles. The van der Waals surface area contributed by atoms with Crippen molar-refractivity contribution in [2.45, 2.75) is 25.4 Å². The molecule has 0 saturated carbocycles. The molecule has 2 atom stereocenters. The Morgan fingerprint density at radius 1 is 1.47 bits per heavy atom. The summed E-state index contributed by atoms with van der Waals surface area (Å²) in [4.78, 5) is 0. The van der Waals surface area contributed by atoms with E-state index in [-0.39, 0.29) is 29.4 Å². The van der Waals surface area contributed by atoms with Crippen LogP contribution in [0.3, 0.4) is 0 Å². The maximum Gasteiger partial charge on any atom is 0.151 e. The van der Waals surface area contributed by atoms with Gasteiger partial charge in [0.05, 0.1) is 18.6 Å². The second kappa shape index (κ2) is 5.46. The zero-order valence-electron chi connectivity index (χ0n) is 11.0. The molecule has 1 fully saturated rings. The summed E-state index contributed by atoms with van der Waals surface area (Å²) in [6.45, 7) is 1.83. The van der Waals surface area contributed by atoms with Crippen molar-refractivity contribution in [3.05, 3.63) is 29.6 Å². The Bertz CT molecular complexity index is 559. The van der Waals surface area contributed by atoms with Crippen LogP contribution in [-0.2, 0) is 9.84 Å². The van der Waals surface area contributed by atoms with Crippen LogP contribution in [-0.4, -0.2) is 33.1 Å². The highest BCUT2D eigenvalue weighted by Gasteiger charge is 2.29. The van der Waals surface area contributed by atoms with Gasteiger partial charge in [0.1, 0.15) is 11.6 Å². The van der Waals surface area contributed by atoms with Crippen LogP contribution in [0.2, 0.25) is 0 Å². The summed E-state index contributed by atoms with van der Waals surface area (Å²) in [7, 11) is -1.43. The minimum Gasteiger partial charge on any atom is -0.497 e. The first-order chi connectivity index (χ1) is 8.91. The topological polar surface area (TPSA) is 55.4 Å². The van der Waals surface area contributed by atoms with E-state index in [1.165, 1.54) is 13.2 Å². The Balaban J connectivity index is 2.06. The number of benzene rings is 1. The fourth-order valence-electron chi connectivity index (χ4n) is 2.36. The lowest BCUT2D eigenvalue weighted by Crippen LogP contribution is -2.32. The highest BCUT2D eigenvalue weighted by atomic mass is 32.2. The zero-order chi connectivity index (χ0) is 14.0. The number of hydrogen-bond donors (Lipinski definition) is 1. The number of nitrogens with one attached hydrogen (secondary N) is 1. The molecule has 0 spiro atoms. The SMILES string of the molecule is COc1ccc(C(C)NC2CCS(=O)(=O)C2)c(F)c1. The van der Waals surface area contributed by atoms with Crippen LogP contribution in [0.4, 0.5) is 4.39 Å². The summed E-state index contributed by atoms with van der Waals surface area (Å²) in [5.41, 5.74) is 0.519. The summed E-state index contributed by atoms with van der Waals surface area (Å²) in [5, 5.41) is 3.17. The molecule has 1 heterocycles. The third kappa shape index (κ3) is 3.45. The molecule has 19 heavy (non-hydrogen) atoms. The normalized spacial score (nSPS) is 23.2. The largest absolute Gasteiger partial charge is 0.497 e. The second-order valence-electron chi connectivity index (χ2n) is 4.88. The highest BCUT2D eigenvalue weighted by Crippen LogP contribution is 2.23. The fourth-order valence-corrected chi connectivity index (χ4v) is 4.04. The van der Waals surface area contributed by atoms with E-state index in [2.05, 4.69) is 5.32 Å². The molecule has 1 N–H and O–H groups in total. The molecule has 2 rings (SSSR count). The highest BCUT2D eigenvalue weighted by molar-refractivity contribution is 7.91. The van der Waals surface area contributed by atoms with E-state index >= 15 is 0 Å². The van der Waals surface area contributed by atoms with Crippen molar-refractivity contribution in [1.29, 1.82) is 0 Å². The summed E-state index contributed by atoms with van der Waals surface area (Å²) >= 11 is 0. The molecule has 0 aliphatic carbocycles. The summed E-state index contributed by atoms with van der Waals surface area (Å²) in [6.07, 6.45) is 0.588. The van der Waals surface area contributed by atoms with Crippen molar-refractivity contribution in [2.24, 2.45) is 0 Å². The monoisotopic (exact) mass is 287 g/mol. The van der Waals surface area contributed by atoms with Gasteiger partial charge in [-0.25, -0.2) is 12.8 Å². The van der Waals surface area contributed by atoms with Gasteiger partial charge < -0.3 is 10.1 Å². The molecule has 1 aliphatic rings. The lowest BCUT2D eigenvalue weighted by molar-refractivity contribution is 0.408. The molecule has 0 amide bonds. The molecule has 1 aliphatic heterocycles. The van der Waals surface area contributed by atoms with Gasteiger partial charge in [-0.05, 0) is 19.4 Å². The van der Waals surface area contributed by atoms with Crippen molar-refractivity contribution in [2.75, 3.05) is 18.6 Å². The molecule has 0 radical (unpaired) electrons. The Hall–Kier alpha value is -1.14. The van der Waals surface area contributed by atoms with Crippen molar-refractivity contribution in [1.82, 2.24) is 5.32 Å². The predicted octanol–water partition coefficient (Wildman–Crippen LogP) is 1.67. The van der Waals surface area contributed by atoms with Gasteiger partial charge in [0.15, 0.2) is 9.84 Å². The van der Waals surface area contributed by atoms with E-state index in [4.69, 9.17) is 4.74 Å². The Labute approximate surface area is 112 Å². The van der Waals surface area contributed by atoms with E-state index < -0.39 is 9.84 Å². The van der Waals surface area contributed by atoms with E-state index in [1.54, 1.807) is 12.1 Å². The Morgan fingerprint density at radius 2 is 2.21 bits per heavy atom. The molecule has 1 aromatic rings. The number of hydrogen-bond acceptors (Lipinski definition) is 4. The standard InChI is InChI=1S/C13H18FNO3S/c1-9(15-10-5-6-19(16,17)8-10)12-4-3-11(18-2)7-13(12)14/h3-4,7,9-10,15H,5-6,8H2,1-2H3. The van der Waals surface area contributed by atoms with Crippen LogP contribution in [0, 0.1) is 5.82 Å². The van der Waals surface area contributed by atoms with Crippen molar-refractivity contribution in [3.63, 3.8) is 0 Å². The van der Waals surface area contributed by atoms with Crippen molar-refractivity contribution in [3.8, 4) is 5.75 Å². The molecular weight excluding hydrogens is 269 g/mol. The molecule has 6 heteroatoms. The van der Waals surface area contributed by atoms with Gasteiger partial charge in [0, 0.05) is 23.7 Å². The first kappa shape index (κ1) is 14.3. The fraction of sp³-hybridized carbons (Fsp3) is 0.538. The zero-order valence-corrected chi connectivity index (χ0v) is 11.8. The van der Waals surface area contributed by atoms with Gasteiger partial charge in [-0.15, -0.1) is 0 Å². The van der Waals surface area contributed by atoms with E-state index in [0.29, 0.717) is 17.7 Å². The van der Waals surface area contributed by atoms with E-state index in [1.807, 2.05) is 6.92 Å². The summed E-state index contributed by atoms with van der Waals surface area (Å²) in [6, 6.07) is 4.36. The minimum absolute atomic E-state index is 0.0958. The third-order valence-electron chi connectivity index (χ3n) is 3.39. The first-order valence-corrected chi connectivity index (χ1v) is 8.03. The molecular formula is C13H18FNO3S. The molecule has 1 saturated heterocycles. The first-order valence-electron chi connectivity index (χ1n) is 6.21. The van der Waals surface area contributed by atoms with Gasteiger partial charge in [-0.3, -0.25) is 0 Å². The number of halogens is 1. The van der Waals surface area contributed by atoms with Crippen LogP contribution in [0.15, 0.2) is 18.2 Å². The van der Waals surface area contributed by atoms with Crippen LogP contribution in [0.25, 0.3) is 0 Å². The van der Waals surface area contributed by atoms with E-state index in [0.717, 1.165) is 0 Å². The van der Waals surface area contributed by atoms with Crippen LogP contribution in [0.1, 0.15) is 24.9 Å². The second-order valence-corrected chi connectivity index (χ2v) is 7.10. The van der Waals surface area contributed by atoms with Gasteiger partial charge in [-0.1, -0.05) is 6.07 Å². The molecule has 0 bridgehead atoms.